The van der Waals surface area contributed by atoms with E-state index in [2.05, 4.69) is 5.32 Å². The SMILES string of the molecule is CNCc1c(F)cc(C)cc1F. The topological polar surface area (TPSA) is 12.0 Å². The molecule has 0 radical (unpaired) electrons. The molecule has 0 spiro atoms. The fraction of sp³-hybridized carbons (Fsp3) is 0.333. The molecule has 3 heteroatoms. The average molecular weight is 171 g/mol. The number of aryl methyl sites for hydroxylation is 1. The van der Waals surface area contributed by atoms with E-state index in [0.29, 0.717) is 5.56 Å². The number of nitrogens with one attached hydrogen (secondary N) is 1. The van der Waals surface area contributed by atoms with Gasteiger partial charge < -0.3 is 5.32 Å². The lowest BCUT2D eigenvalue weighted by Gasteiger charge is -2.04. The number of hydrogen-bond acceptors (Lipinski definition) is 1. The summed E-state index contributed by atoms with van der Waals surface area (Å²) in [5, 5.41) is 2.71. The van der Waals surface area contributed by atoms with Gasteiger partial charge in [-0.05, 0) is 31.7 Å². The van der Waals surface area contributed by atoms with Crippen LogP contribution in [0.1, 0.15) is 11.1 Å². The second kappa shape index (κ2) is 3.63. The maximum absolute atomic E-state index is 13.0. The largest absolute Gasteiger partial charge is 0.315 e. The van der Waals surface area contributed by atoms with Crippen molar-refractivity contribution in [2.45, 2.75) is 13.5 Å². The lowest BCUT2D eigenvalue weighted by atomic mass is 10.1. The van der Waals surface area contributed by atoms with Crippen LogP contribution in [0.25, 0.3) is 0 Å². The molecule has 1 aromatic carbocycles. The molecule has 0 amide bonds. The Morgan fingerprint density at radius 2 is 1.75 bits per heavy atom. The minimum absolute atomic E-state index is 0.100. The number of halogens is 2. The molecule has 0 saturated heterocycles. The third-order valence-electron chi connectivity index (χ3n) is 1.64. The molecule has 66 valence electrons. The molecule has 0 aromatic heterocycles. The highest BCUT2D eigenvalue weighted by Crippen LogP contribution is 2.14. The molecule has 0 bridgehead atoms. The summed E-state index contributed by atoms with van der Waals surface area (Å²) in [5.41, 5.74) is 0.702. The quantitative estimate of drug-likeness (QED) is 0.717. The highest BCUT2D eigenvalue weighted by molar-refractivity contribution is 5.25. The van der Waals surface area contributed by atoms with Crippen molar-refractivity contribution in [2.75, 3.05) is 7.05 Å². The maximum Gasteiger partial charge on any atom is 0.130 e. The van der Waals surface area contributed by atoms with Gasteiger partial charge in [-0.15, -0.1) is 0 Å². The Balaban J connectivity index is 3.10. The van der Waals surface area contributed by atoms with E-state index in [4.69, 9.17) is 0 Å². The first-order chi connectivity index (χ1) is 5.65. The van der Waals surface area contributed by atoms with Crippen molar-refractivity contribution < 1.29 is 8.78 Å². The molecule has 0 fully saturated rings. The summed E-state index contributed by atoms with van der Waals surface area (Å²) in [5.74, 6) is -0.969. The molecule has 1 aromatic rings. The molecule has 0 aliphatic rings. The summed E-state index contributed by atoms with van der Waals surface area (Å²) >= 11 is 0. The standard InChI is InChI=1S/C9H11F2N/c1-6-3-8(10)7(5-12-2)9(11)4-6/h3-4,12H,5H2,1-2H3. The maximum atomic E-state index is 13.0. The van der Waals surface area contributed by atoms with Gasteiger partial charge >= 0.3 is 0 Å². The van der Waals surface area contributed by atoms with Crippen molar-refractivity contribution in [1.82, 2.24) is 5.32 Å². The average Bonchev–Trinajstić information content (AvgIpc) is 1.96. The van der Waals surface area contributed by atoms with E-state index in [0.717, 1.165) is 0 Å². The molecule has 0 aliphatic heterocycles. The van der Waals surface area contributed by atoms with Gasteiger partial charge in [0.25, 0.3) is 0 Å². The van der Waals surface area contributed by atoms with E-state index < -0.39 is 11.6 Å². The van der Waals surface area contributed by atoms with Gasteiger partial charge in [-0.1, -0.05) is 0 Å². The predicted octanol–water partition coefficient (Wildman–Crippen LogP) is 1.99. The van der Waals surface area contributed by atoms with Crippen molar-refractivity contribution in [2.24, 2.45) is 0 Å². The van der Waals surface area contributed by atoms with Crippen molar-refractivity contribution in [1.29, 1.82) is 0 Å². The third-order valence-corrected chi connectivity index (χ3v) is 1.64. The van der Waals surface area contributed by atoms with Gasteiger partial charge in [0.2, 0.25) is 0 Å². The molecule has 1 rings (SSSR count). The minimum Gasteiger partial charge on any atom is -0.315 e. The van der Waals surface area contributed by atoms with Crippen molar-refractivity contribution in [3.63, 3.8) is 0 Å². The number of hydrogen-bond donors (Lipinski definition) is 1. The molecular formula is C9H11F2N. The predicted molar refractivity (Wildman–Crippen MR) is 43.9 cm³/mol. The summed E-state index contributed by atoms with van der Waals surface area (Å²) in [6.45, 7) is 1.88. The van der Waals surface area contributed by atoms with Gasteiger partial charge in [-0.2, -0.15) is 0 Å². The summed E-state index contributed by atoms with van der Waals surface area (Å²) in [6.07, 6.45) is 0. The van der Waals surface area contributed by atoms with Crippen molar-refractivity contribution >= 4 is 0 Å². The molecule has 0 aliphatic carbocycles. The smallest absolute Gasteiger partial charge is 0.130 e. The first kappa shape index (κ1) is 9.13. The molecule has 0 unspecified atom stereocenters. The highest BCUT2D eigenvalue weighted by Gasteiger charge is 2.07. The monoisotopic (exact) mass is 171 g/mol. The fourth-order valence-corrected chi connectivity index (χ4v) is 1.08. The van der Waals surface area contributed by atoms with Gasteiger partial charge in [0, 0.05) is 12.1 Å². The Kier molecular flexibility index (Phi) is 2.76. The fourth-order valence-electron chi connectivity index (χ4n) is 1.08. The van der Waals surface area contributed by atoms with Crippen LogP contribution in [0.15, 0.2) is 12.1 Å². The summed E-state index contributed by atoms with van der Waals surface area (Å²) < 4.78 is 26.0. The van der Waals surface area contributed by atoms with Gasteiger partial charge in [0.05, 0.1) is 0 Å². The Labute approximate surface area is 70.4 Å². The van der Waals surface area contributed by atoms with Crippen molar-refractivity contribution in [3.05, 3.63) is 34.9 Å². The van der Waals surface area contributed by atoms with Crippen LogP contribution >= 0.6 is 0 Å². The van der Waals surface area contributed by atoms with Crippen molar-refractivity contribution in [3.8, 4) is 0 Å². The van der Waals surface area contributed by atoms with E-state index in [1.165, 1.54) is 12.1 Å². The molecule has 0 saturated carbocycles. The summed E-state index contributed by atoms with van der Waals surface area (Å²) in [7, 11) is 1.65. The van der Waals surface area contributed by atoms with E-state index in [1.807, 2.05) is 0 Å². The highest BCUT2D eigenvalue weighted by atomic mass is 19.1. The lowest BCUT2D eigenvalue weighted by molar-refractivity contribution is 0.544. The van der Waals surface area contributed by atoms with Crippen LogP contribution in [-0.4, -0.2) is 7.05 Å². The molecular weight excluding hydrogens is 160 g/mol. The zero-order chi connectivity index (χ0) is 9.14. The second-order valence-electron chi connectivity index (χ2n) is 2.74. The van der Waals surface area contributed by atoms with Crippen LogP contribution in [0.3, 0.4) is 0 Å². The van der Waals surface area contributed by atoms with Crippen LogP contribution in [0.4, 0.5) is 8.78 Å². The van der Waals surface area contributed by atoms with Crippen LogP contribution in [-0.2, 0) is 6.54 Å². The Morgan fingerprint density at radius 3 is 2.17 bits per heavy atom. The van der Waals surface area contributed by atoms with Crippen LogP contribution < -0.4 is 5.32 Å². The van der Waals surface area contributed by atoms with Crippen LogP contribution in [0, 0.1) is 18.6 Å². The van der Waals surface area contributed by atoms with Crippen LogP contribution in [0.5, 0.6) is 0 Å². The second-order valence-corrected chi connectivity index (χ2v) is 2.74. The lowest BCUT2D eigenvalue weighted by Crippen LogP contribution is -2.09. The van der Waals surface area contributed by atoms with Crippen LogP contribution in [0.2, 0.25) is 0 Å². The van der Waals surface area contributed by atoms with Gasteiger partial charge in [-0.25, -0.2) is 8.78 Å². The molecule has 1 nitrogen and oxygen atoms in total. The Morgan fingerprint density at radius 1 is 1.25 bits per heavy atom. The normalized spacial score (nSPS) is 10.3. The Hall–Kier alpha value is -0.960. The minimum atomic E-state index is -0.484. The van der Waals surface area contributed by atoms with E-state index in [1.54, 1.807) is 14.0 Å². The van der Waals surface area contributed by atoms with E-state index in [-0.39, 0.29) is 12.1 Å². The number of rotatable bonds is 2. The van der Waals surface area contributed by atoms with Gasteiger partial charge in [0.1, 0.15) is 11.6 Å². The molecule has 12 heavy (non-hydrogen) atoms. The third kappa shape index (κ3) is 1.80. The zero-order valence-corrected chi connectivity index (χ0v) is 7.12. The zero-order valence-electron chi connectivity index (χ0n) is 7.12. The van der Waals surface area contributed by atoms with E-state index >= 15 is 0 Å². The van der Waals surface area contributed by atoms with Gasteiger partial charge in [-0.3, -0.25) is 0 Å². The first-order valence-electron chi connectivity index (χ1n) is 3.74. The van der Waals surface area contributed by atoms with Gasteiger partial charge in [0.15, 0.2) is 0 Å². The summed E-state index contributed by atoms with van der Waals surface area (Å²) in [6, 6.07) is 2.66. The summed E-state index contributed by atoms with van der Waals surface area (Å²) in [4.78, 5) is 0. The molecule has 0 atom stereocenters. The van der Waals surface area contributed by atoms with E-state index in [9.17, 15) is 8.78 Å². The first-order valence-corrected chi connectivity index (χ1v) is 3.74. The molecule has 1 N–H and O–H groups in total. The Bertz CT molecular complexity index is 261. The molecule has 0 heterocycles. The number of benzene rings is 1.